The molecule has 1 rings (SSSR count). The van der Waals surface area contributed by atoms with Crippen molar-refractivity contribution in [1.29, 1.82) is 0 Å². The number of nitrogens with one attached hydrogen (secondary N) is 1. The minimum Gasteiger partial charge on any atom is -0.464 e. The van der Waals surface area contributed by atoms with Crippen LogP contribution in [-0.4, -0.2) is 24.7 Å². The van der Waals surface area contributed by atoms with Crippen molar-refractivity contribution in [3.8, 4) is 0 Å². The average Bonchev–Trinajstić information content (AvgIpc) is 2.43. The Balaban J connectivity index is 2.48. The number of carbonyl (C=O) groups excluding carboxylic acids is 2. The molecule has 0 heterocycles. The Labute approximate surface area is 119 Å². The van der Waals surface area contributed by atoms with Crippen LogP contribution >= 0.6 is 0 Å². The van der Waals surface area contributed by atoms with Crippen LogP contribution in [0.4, 0.5) is 4.79 Å². The maximum absolute atomic E-state index is 11.7. The third-order valence-electron chi connectivity index (χ3n) is 2.69. The van der Waals surface area contributed by atoms with Crippen molar-refractivity contribution in [1.82, 2.24) is 5.32 Å². The number of hydrogen-bond donors (Lipinski definition) is 1. The lowest BCUT2D eigenvalue weighted by atomic mass is 10.1. The third-order valence-corrected chi connectivity index (χ3v) is 2.69. The van der Waals surface area contributed by atoms with E-state index in [0.717, 1.165) is 5.56 Å². The van der Waals surface area contributed by atoms with Crippen LogP contribution in [0.2, 0.25) is 0 Å². The van der Waals surface area contributed by atoms with Crippen LogP contribution in [-0.2, 0) is 20.9 Å². The first-order valence-electron chi connectivity index (χ1n) is 6.68. The van der Waals surface area contributed by atoms with Gasteiger partial charge in [0, 0.05) is 0 Å². The van der Waals surface area contributed by atoms with Crippen LogP contribution in [0.5, 0.6) is 0 Å². The fourth-order valence-corrected chi connectivity index (χ4v) is 1.62. The van der Waals surface area contributed by atoms with E-state index in [1.54, 1.807) is 6.92 Å². The number of amides is 1. The largest absolute Gasteiger partial charge is 0.464 e. The maximum atomic E-state index is 11.7. The summed E-state index contributed by atoms with van der Waals surface area (Å²) in [6, 6.07) is 8.65. The van der Waals surface area contributed by atoms with Gasteiger partial charge in [-0.1, -0.05) is 44.2 Å². The molecule has 0 fully saturated rings. The summed E-state index contributed by atoms with van der Waals surface area (Å²) >= 11 is 0. The van der Waals surface area contributed by atoms with Crippen LogP contribution in [0.3, 0.4) is 0 Å². The SMILES string of the molecule is CCOC(=O)[C@@H](NC(=O)OCc1ccccc1)C(C)C. The minimum atomic E-state index is -0.696. The Hall–Kier alpha value is -2.04. The van der Waals surface area contributed by atoms with E-state index in [1.807, 2.05) is 44.2 Å². The molecule has 0 aliphatic heterocycles. The first-order valence-corrected chi connectivity index (χ1v) is 6.68. The van der Waals surface area contributed by atoms with Crippen LogP contribution in [0, 0.1) is 5.92 Å². The summed E-state index contributed by atoms with van der Waals surface area (Å²) in [4.78, 5) is 23.4. The molecule has 0 saturated heterocycles. The molecule has 0 bridgehead atoms. The van der Waals surface area contributed by atoms with Gasteiger partial charge in [0.05, 0.1) is 6.61 Å². The molecule has 20 heavy (non-hydrogen) atoms. The van der Waals surface area contributed by atoms with E-state index in [9.17, 15) is 9.59 Å². The number of esters is 1. The number of carbonyl (C=O) groups is 2. The molecule has 5 nitrogen and oxygen atoms in total. The van der Waals surface area contributed by atoms with Crippen LogP contribution in [0.1, 0.15) is 26.3 Å². The first kappa shape index (κ1) is 16.0. The highest BCUT2D eigenvalue weighted by Crippen LogP contribution is 2.06. The topological polar surface area (TPSA) is 64.6 Å². The normalized spacial score (nSPS) is 11.8. The minimum absolute atomic E-state index is 0.0710. The Morgan fingerprint density at radius 2 is 1.80 bits per heavy atom. The molecule has 0 saturated carbocycles. The summed E-state index contributed by atoms with van der Waals surface area (Å²) in [5.41, 5.74) is 0.889. The van der Waals surface area contributed by atoms with Crippen molar-refractivity contribution < 1.29 is 19.1 Å². The number of alkyl carbamates (subject to hydrolysis) is 1. The molecule has 1 atom stereocenters. The van der Waals surface area contributed by atoms with Gasteiger partial charge >= 0.3 is 12.1 Å². The van der Waals surface area contributed by atoms with Gasteiger partial charge in [0.15, 0.2) is 0 Å². The van der Waals surface area contributed by atoms with Crippen molar-refractivity contribution >= 4 is 12.1 Å². The summed E-state index contributed by atoms with van der Waals surface area (Å²) in [6.07, 6.45) is -0.624. The van der Waals surface area contributed by atoms with Gasteiger partial charge in [-0.15, -0.1) is 0 Å². The summed E-state index contributed by atoms with van der Waals surface area (Å²) in [6.45, 7) is 5.84. The zero-order valence-electron chi connectivity index (χ0n) is 12.1. The summed E-state index contributed by atoms with van der Waals surface area (Å²) in [5.74, 6) is -0.516. The molecular weight excluding hydrogens is 258 g/mol. The molecule has 1 aromatic carbocycles. The standard InChI is InChI=1S/C15H21NO4/c1-4-19-14(17)13(11(2)3)16-15(18)20-10-12-8-6-5-7-9-12/h5-9,11,13H,4,10H2,1-3H3,(H,16,18)/t13-/m0/s1. The smallest absolute Gasteiger partial charge is 0.408 e. The molecule has 0 radical (unpaired) electrons. The highest BCUT2D eigenvalue weighted by atomic mass is 16.6. The van der Waals surface area contributed by atoms with Crippen molar-refractivity contribution in [2.45, 2.75) is 33.4 Å². The lowest BCUT2D eigenvalue weighted by Crippen LogP contribution is -2.45. The lowest BCUT2D eigenvalue weighted by molar-refractivity contribution is -0.146. The molecule has 1 aromatic rings. The van der Waals surface area contributed by atoms with Gasteiger partial charge in [0.1, 0.15) is 12.6 Å². The zero-order chi connectivity index (χ0) is 15.0. The number of rotatable bonds is 6. The summed E-state index contributed by atoms with van der Waals surface area (Å²) in [5, 5.41) is 2.54. The Kier molecular flexibility index (Phi) is 6.56. The average molecular weight is 279 g/mol. The monoisotopic (exact) mass is 279 g/mol. The predicted octanol–water partition coefficient (Wildman–Crippen LogP) is 2.50. The second-order valence-corrected chi connectivity index (χ2v) is 4.68. The Morgan fingerprint density at radius 1 is 1.15 bits per heavy atom. The van der Waals surface area contributed by atoms with Crippen molar-refractivity contribution in [3.05, 3.63) is 35.9 Å². The molecule has 0 spiro atoms. The van der Waals surface area contributed by atoms with E-state index in [2.05, 4.69) is 5.32 Å². The summed E-state index contributed by atoms with van der Waals surface area (Å²) < 4.78 is 10.00. The van der Waals surface area contributed by atoms with Crippen molar-refractivity contribution in [3.63, 3.8) is 0 Å². The lowest BCUT2D eigenvalue weighted by Gasteiger charge is -2.20. The van der Waals surface area contributed by atoms with E-state index >= 15 is 0 Å². The molecule has 1 N–H and O–H groups in total. The second kappa shape index (κ2) is 8.19. The molecule has 0 aromatic heterocycles. The fraction of sp³-hybridized carbons (Fsp3) is 0.467. The van der Waals surface area contributed by atoms with E-state index < -0.39 is 18.1 Å². The van der Waals surface area contributed by atoms with Crippen molar-refractivity contribution in [2.75, 3.05) is 6.61 Å². The zero-order valence-corrected chi connectivity index (χ0v) is 12.1. The second-order valence-electron chi connectivity index (χ2n) is 4.68. The van der Waals surface area contributed by atoms with Gasteiger partial charge < -0.3 is 14.8 Å². The molecule has 0 aliphatic rings. The van der Waals surface area contributed by atoms with E-state index in [1.165, 1.54) is 0 Å². The molecule has 0 aliphatic carbocycles. The maximum Gasteiger partial charge on any atom is 0.408 e. The van der Waals surface area contributed by atoms with Crippen LogP contribution in [0.25, 0.3) is 0 Å². The number of ether oxygens (including phenoxy) is 2. The van der Waals surface area contributed by atoms with Crippen LogP contribution in [0.15, 0.2) is 30.3 Å². The van der Waals surface area contributed by atoms with E-state index in [4.69, 9.17) is 9.47 Å². The third kappa shape index (κ3) is 5.30. The van der Waals surface area contributed by atoms with Gasteiger partial charge in [-0.3, -0.25) is 0 Å². The molecule has 110 valence electrons. The van der Waals surface area contributed by atoms with Gasteiger partial charge in [-0.25, -0.2) is 9.59 Å². The molecule has 0 unspecified atom stereocenters. The molecule has 1 amide bonds. The number of benzene rings is 1. The fourth-order valence-electron chi connectivity index (χ4n) is 1.62. The van der Waals surface area contributed by atoms with Gasteiger partial charge in [-0.05, 0) is 18.4 Å². The van der Waals surface area contributed by atoms with Gasteiger partial charge in [0.2, 0.25) is 0 Å². The van der Waals surface area contributed by atoms with Gasteiger partial charge in [-0.2, -0.15) is 0 Å². The first-order chi connectivity index (χ1) is 9.54. The molecular formula is C15H21NO4. The number of hydrogen-bond acceptors (Lipinski definition) is 4. The van der Waals surface area contributed by atoms with Crippen molar-refractivity contribution in [2.24, 2.45) is 5.92 Å². The quantitative estimate of drug-likeness (QED) is 0.813. The van der Waals surface area contributed by atoms with E-state index in [-0.39, 0.29) is 19.1 Å². The highest BCUT2D eigenvalue weighted by Gasteiger charge is 2.25. The Bertz CT molecular complexity index is 431. The molecule has 5 heteroatoms. The predicted molar refractivity (Wildman–Crippen MR) is 75.0 cm³/mol. The highest BCUT2D eigenvalue weighted by molar-refractivity contribution is 5.81. The van der Waals surface area contributed by atoms with Gasteiger partial charge in [0.25, 0.3) is 0 Å². The van der Waals surface area contributed by atoms with Crippen LogP contribution < -0.4 is 5.32 Å². The summed E-state index contributed by atoms with van der Waals surface area (Å²) in [7, 11) is 0. The Morgan fingerprint density at radius 3 is 2.35 bits per heavy atom. The van der Waals surface area contributed by atoms with E-state index in [0.29, 0.717) is 0 Å².